The first-order valence-electron chi connectivity index (χ1n) is 4.37. The van der Waals surface area contributed by atoms with Crippen LogP contribution < -0.4 is 0 Å². The van der Waals surface area contributed by atoms with Crippen LogP contribution in [-0.4, -0.2) is 55.1 Å². The summed E-state index contributed by atoms with van der Waals surface area (Å²) in [6.45, 7) is 5.19. The van der Waals surface area contributed by atoms with E-state index in [4.69, 9.17) is 16.3 Å². The van der Waals surface area contributed by atoms with Crippen molar-refractivity contribution in [2.45, 2.75) is 0 Å². The molecular weight excluding hydrogens is 194 g/mol. The summed E-state index contributed by atoms with van der Waals surface area (Å²) in [6.07, 6.45) is 0. The lowest BCUT2D eigenvalue weighted by Crippen LogP contribution is -2.37. The third-order valence-corrected chi connectivity index (χ3v) is 3.25. The van der Waals surface area contributed by atoms with Crippen molar-refractivity contribution >= 4 is 23.4 Å². The highest BCUT2D eigenvalue weighted by molar-refractivity contribution is 7.99. The molecule has 0 N–H and O–H groups in total. The molecule has 0 radical (unpaired) electrons. The van der Waals surface area contributed by atoms with Crippen LogP contribution in [0.25, 0.3) is 0 Å². The molecule has 1 aliphatic heterocycles. The second kappa shape index (κ2) is 7.01. The van der Waals surface area contributed by atoms with Gasteiger partial charge in [0.15, 0.2) is 0 Å². The molecule has 0 aromatic rings. The van der Waals surface area contributed by atoms with Crippen LogP contribution in [-0.2, 0) is 4.74 Å². The van der Waals surface area contributed by atoms with Crippen molar-refractivity contribution in [1.29, 1.82) is 0 Å². The summed E-state index contributed by atoms with van der Waals surface area (Å²) < 4.78 is 5.26. The second-order valence-electron chi connectivity index (χ2n) is 2.76. The van der Waals surface area contributed by atoms with Crippen molar-refractivity contribution in [3.05, 3.63) is 0 Å². The average Bonchev–Trinajstić information content (AvgIpc) is 2.14. The van der Waals surface area contributed by atoms with Gasteiger partial charge in [-0.05, 0) is 0 Å². The predicted octanol–water partition coefficient (Wildman–Crippen LogP) is 1.29. The van der Waals surface area contributed by atoms with Crippen LogP contribution in [0.1, 0.15) is 0 Å². The third kappa shape index (κ3) is 4.55. The Morgan fingerprint density at radius 2 is 2.00 bits per heavy atom. The van der Waals surface area contributed by atoms with E-state index in [1.807, 2.05) is 11.8 Å². The molecule has 1 aliphatic rings. The molecule has 72 valence electrons. The number of ether oxygens (including phenoxy) is 1. The van der Waals surface area contributed by atoms with Gasteiger partial charge in [-0.1, -0.05) is 0 Å². The van der Waals surface area contributed by atoms with Crippen LogP contribution in [0, 0.1) is 0 Å². The van der Waals surface area contributed by atoms with Gasteiger partial charge in [-0.3, -0.25) is 4.90 Å². The molecule has 4 heteroatoms. The molecule has 12 heavy (non-hydrogen) atoms. The van der Waals surface area contributed by atoms with Crippen LogP contribution in [0.2, 0.25) is 0 Å². The van der Waals surface area contributed by atoms with E-state index in [-0.39, 0.29) is 0 Å². The van der Waals surface area contributed by atoms with Gasteiger partial charge in [0, 0.05) is 37.0 Å². The molecule has 0 saturated carbocycles. The molecule has 1 heterocycles. The number of morpholine rings is 1. The van der Waals surface area contributed by atoms with Gasteiger partial charge in [-0.15, -0.1) is 11.6 Å². The number of alkyl halides is 1. The summed E-state index contributed by atoms with van der Waals surface area (Å²) in [5.41, 5.74) is 0. The van der Waals surface area contributed by atoms with Gasteiger partial charge in [0.1, 0.15) is 0 Å². The molecule has 0 aromatic heterocycles. The van der Waals surface area contributed by atoms with E-state index in [9.17, 15) is 0 Å². The van der Waals surface area contributed by atoms with E-state index < -0.39 is 0 Å². The molecular formula is C8H16ClNOS. The first kappa shape index (κ1) is 10.6. The van der Waals surface area contributed by atoms with Crippen LogP contribution in [0.4, 0.5) is 0 Å². The Hall–Kier alpha value is 0.560. The molecule has 1 rings (SSSR count). The number of rotatable bonds is 5. The highest BCUT2D eigenvalue weighted by Crippen LogP contribution is 2.03. The highest BCUT2D eigenvalue weighted by atomic mass is 35.5. The summed E-state index contributed by atoms with van der Waals surface area (Å²) in [6, 6.07) is 0. The Morgan fingerprint density at radius 3 is 2.67 bits per heavy atom. The lowest BCUT2D eigenvalue weighted by molar-refractivity contribution is 0.0410. The lowest BCUT2D eigenvalue weighted by Gasteiger charge is -2.26. The van der Waals surface area contributed by atoms with E-state index in [0.29, 0.717) is 0 Å². The first-order valence-corrected chi connectivity index (χ1v) is 6.06. The lowest BCUT2D eigenvalue weighted by atomic mass is 10.4. The Balaban J connectivity index is 1.91. The summed E-state index contributed by atoms with van der Waals surface area (Å²) in [7, 11) is 0. The van der Waals surface area contributed by atoms with E-state index in [2.05, 4.69) is 4.90 Å². The monoisotopic (exact) mass is 209 g/mol. The maximum Gasteiger partial charge on any atom is 0.0594 e. The smallest absolute Gasteiger partial charge is 0.0594 e. The number of hydrogen-bond acceptors (Lipinski definition) is 3. The van der Waals surface area contributed by atoms with Gasteiger partial charge in [0.05, 0.1) is 13.2 Å². The minimum Gasteiger partial charge on any atom is -0.379 e. The third-order valence-electron chi connectivity index (χ3n) is 1.88. The van der Waals surface area contributed by atoms with Crippen molar-refractivity contribution in [2.75, 3.05) is 50.2 Å². The van der Waals surface area contributed by atoms with Crippen molar-refractivity contribution in [3.63, 3.8) is 0 Å². The topological polar surface area (TPSA) is 12.5 Å². The molecule has 0 aromatic carbocycles. The zero-order chi connectivity index (χ0) is 8.65. The molecule has 0 spiro atoms. The summed E-state index contributed by atoms with van der Waals surface area (Å²) in [5, 5.41) is 0. The van der Waals surface area contributed by atoms with Gasteiger partial charge >= 0.3 is 0 Å². The average molecular weight is 210 g/mol. The second-order valence-corrected chi connectivity index (χ2v) is 4.36. The summed E-state index contributed by atoms with van der Waals surface area (Å²) in [4.78, 5) is 2.45. The zero-order valence-electron chi connectivity index (χ0n) is 7.30. The van der Waals surface area contributed by atoms with E-state index >= 15 is 0 Å². The standard InChI is InChI=1S/C8H16ClNOS/c9-1-7-12-8-4-10-2-5-11-6-3-10/h1-8H2. The fourth-order valence-electron chi connectivity index (χ4n) is 1.18. The number of hydrogen-bond donors (Lipinski definition) is 0. The Kier molecular flexibility index (Phi) is 6.22. The first-order chi connectivity index (χ1) is 5.93. The quantitative estimate of drug-likeness (QED) is 0.500. The van der Waals surface area contributed by atoms with Crippen molar-refractivity contribution in [1.82, 2.24) is 4.90 Å². The molecule has 1 saturated heterocycles. The SMILES string of the molecule is ClCCSCCN1CCOCC1. The van der Waals surface area contributed by atoms with E-state index in [1.54, 1.807) is 0 Å². The molecule has 1 fully saturated rings. The van der Waals surface area contributed by atoms with Crippen molar-refractivity contribution < 1.29 is 4.74 Å². The Morgan fingerprint density at radius 1 is 1.25 bits per heavy atom. The minimum atomic E-state index is 0.772. The zero-order valence-corrected chi connectivity index (χ0v) is 8.87. The maximum atomic E-state index is 5.57. The van der Waals surface area contributed by atoms with Gasteiger partial charge < -0.3 is 4.74 Å². The molecule has 0 aliphatic carbocycles. The maximum absolute atomic E-state index is 5.57. The normalized spacial score (nSPS) is 19.8. The summed E-state index contributed by atoms with van der Waals surface area (Å²) >= 11 is 7.50. The van der Waals surface area contributed by atoms with Crippen LogP contribution in [0.15, 0.2) is 0 Å². The van der Waals surface area contributed by atoms with Gasteiger partial charge in [0.2, 0.25) is 0 Å². The Labute approximate surface area is 83.6 Å². The highest BCUT2D eigenvalue weighted by Gasteiger charge is 2.08. The molecule has 0 amide bonds. The molecule has 0 bridgehead atoms. The van der Waals surface area contributed by atoms with E-state index in [0.717, 1.165) is 37.9 Å². The Bertz CT molecular complexity index is 109. The summed E-state index contributed by atoms with van der Waals surface area (Å²) in [5.74, 6) is 3.05. The fourth-order valence-corrected chi connectivity index (χ4v) is 2.20. The number of nitrogens with zero attached hydrogens (tertiary/aromatic N) is 1. The molecule has 2 nitrogen and oxygen atoms in total. The number of thioether (sulfide) groups is 1. The van der Waals surface area contributed by atoms with Crippen LogP contribution in [0.5, 0.6) is 0 Å². The van der Waals surface area contributed by atoms with Crippen LogP contribution >= 0.6 is 23.4 Å². The number of halogens is 1. The van der Waals surface area contributed by atoms with Gasteiger partial charge in [-0.2, -0.15) is 11.8 Å². The minimum absolute atomic E-state index is 0.772. The van der Waals surface area contributed by atoms with Crippen LogP contribution in [0.3, 0.4) is 0 Å². The fraction of sp³-hybridized carbons (Fsp3) is 1.00. The van der Waals surface area contributed by atoms with Crippen molar-refractivity contribution in [3.8, 4) is 0 Å². The van der Waals surface area contributed by atoms with Gasteiger partial charge in [-0.25, -0.2) is 0 Å². The van der Waals surface area contributed by atoms with Crippen molar-refractivity contribution in [2.24, 2.45) is 0 Å². The molecule has 0 unspecified atom stereocenters. The predicted molar refractivity (Wildman–Crippen MR) is 55.3 cm³/mol. The largest absolute Gasteiger partial charge is 0.379 e. The van der Waals surface area contributed by atoms with E-state index in [1.165, 1.54) is 12.3 Å². The molecule has 0 atom stereocenters. The van der Waals surface area contributed by atoms with Gasteiger partial charge in [0.25, 0.3) is 0 Å².